The van der Waals surface area contributed by atoms with E-state index in [1.807, 2.05) is 18.2 Å². The van der Waals surface area contributed by atoms with Crippen molar-refractivity contribution in [3.63, 3.8) is 0 Å². The van der Waals surface area contributed by atoms with Gasteiger partial charge in [-0.2, -0.15) is 0 Å². The first-order valence-electron chi connectivity index (χ1n) is 9.09. The molecule has 3 aromatic rings. The number of hydrogen-bond acceptors (Lipinski definition) is 6. The van der Waals surface area contributed by atoms with E-state index in [1.54, 1.807) is 11.3 Å². The first kappa shape index (κ1) is 19.1. The van der Waals surface area contributed by atoms with Crippen LogP contribution in [0.5, 0.6) is 5.75 Å². The molecule has 3 rings (SSSR count). The molecule has 0 atom stereocenters. The number of carbonyl (C=O) groups is 1. The van der Waals surface area contributed by atoms with E-state index in [2.05, 4.69) is 22.9 Å². The molecule has 0 aliphatic carbocycles. The average Bonchev–Trinajstić information content (AvgIpc) is 3.11. The fourth-order valence-corrected chi connectivity index (χ4v) is 3.72. The van der Waals surface area contributed by atoms with Crippen LogP contribution < -0.4 is 9.64 Å². The van der Waals surface area contributed by atoms with Crippen molar-refractivity contribution >= 4 is 32.7 Å². The molecular weight excluding hydrogens is 362 g/mol. The van der Waals surface area contributed by atoms with Crippen LogP contribution >= 0.6 is 11.3 Å². The quantitative estimate of drug-likeness (QED) is 0.519. The number of anilines is 1. The molecular formula is C20H23N3O3S. The van der Waals surface area contributed by atoms with Gasteiger partial charge in [0.2, 0.25) is 0 Å². The van der Waals surface area contributed by atoms with Gasteiger partial charge >= 0.3 is 5.97 Å². The molecule has 0 fully saturated rings. The Kier molecular flexibility index (Phi) is 6.59. The summed E-state index contributed by atoms with van der Waals surface area (Å²) in [6.45, 7) is 4.48. The van der Waals surface area contributed by atoms with Gasteiger partial charge in [-0.15, -0.1) is 0 Å². The van der Waals surface area contributed by atoms with Gasteiger partial charge in [0.25, 0.3) is 0 Å². The summed E-state index contributed by atoms with van der Waals surface area (Å²) in [5, 5.41) is 10.1. The molecule has 2 aromatic heterocycles. The van der Waals surface area contributed by atoms with Crippen molar-refractivity contribution in [2.24, 2.45) is 0 Å². The lowest BCUT2D eigenvalue weighted by Gasteiger charge is -2.21. The molecule has 0 saturated carbocycles. The van der Waals surface area contributed by atoms with E-state index in [9.17, 15) is 4.79 Å². The molecule has 7 heteroatoms. The third kappa shape index (κ3) is 5.17. The molecule has 6 nitrogen and oxygen atoms in total. The third-order valence-corrected chi connectivity index (χ3v) is 5.23. The monoisotopic (exact) mass is 385 g/mol. The highest BCUT2D eigenvalue weighted by Crippen LogP contribution is 2.28. The van der Waals surface area contributed by atoms with Crippen molar-refractivity contribution in [2.45, 2.75) is 26.2 Å². The van der Waals surface area contributed by atoms with Crippen LogP contribution in [0.3, 0.4) is 0 Å². The summed E-state index contributed by atoms with van der Waals surface area (Å²) >= 11 is 1.71. The summed E-state index contributed by atoms with van der Waals surface area (Å²) in [6, 6.07) is 9.68. The zero-order valence-corrected chi connectivity index (χ0v) is 16.1. The van der Waals surface area contributed by atoms with E-state index in [-0.39, 0.29) is 5.56 Å². The molecule has 1 aromatic carbocycles. The normalized spacial score (nSPS) is 10.9. The van der Waals surface area contributed by atoms with Crippen molar-refractivity contribution in [3.05, 3.63) is 48.3 Å². The molecule has 0 aliphatic heterocycles. The zero-order chi connectivity index (χ0) is 19.1. The largest absolute Gasteiger partial charge is 0.492 e. The maximum absolute atomic E-state index is 11.0. The summed E-state index contributed by atoms with van der Waals surface area (Å²) in [6.07, 6.45) is 5.91. The second kappa shape index (κ2) is 9.32. The number of benzene rings is 1. The van der Waals surface area contributed by atoms with E-state index in [1.165, 1.54) is 23.2 Å². The van der Waals surface area contributed by atoms with Gasteiger partial charge in [-0.25, -0.2) is 9.78 Å². The van der Waals surface area contributed by atoms with Crippen LogP contribution in [0, 0.1) is 0 Å². The number of ether oxygens (including phenoxy) is 1. The number of unbranched alkanes of at least 4 members (excludes halogenated alkanes) is 1. The molecule has 142 valence electrons. The Morgan fingerprint density at radius 3 is 2.81 bits per heavy atom. The maximum Gasteiger partial charge on any atom is 0.337 e. The van der Waals surface area contributed by atoms with Gasteiger partial charge in [0.15, 0.2) is 5.13 Å². The second-order valence-electron chi connectivity index (χ2n) is 6.22. The van der Waals surface area contributed by atoms with E-state index in [0.717, 1.165) is 43.0 Å². The van der Waals surface area contributed by atoms with E-state index >= 15 is 0 Å². The summed E-state index contributed by atoms with van der Waals surface area (Å²) in [7, 11) is 0. The third-order valence-electron chi connectivity index (χ3n) is 4.14. The molecule has 0 saturated heterocycles. The Morgan fingerprint density at radius 2 is 2.04 bits per heavy atom. The molecule has 27 heavy (non-hydrogen) atoms. The van der Waals surface area contributed by atoms with Crippen LogP contribution in [0.1, 0.15) is 36.5 Å². The number of aromatic carboxylic acids is 1. The Hall–Kier alpha value is -2.67. The van der Waals surface area contributed by atoms with Crippen molar-refractivity contribution in [2.75, 3.05) is 24.6 Å². The molecule has 0 unspecified atom stereocenters. The summed E-state index contributed by atoms with van der Waals surface area (Å²) < 4.78 is 6.87. The molecule has 0 aliphatic rings. The first-order chi connectivity index (χ1) is 13.2. The lowest BCUT2D eigenvalue weighted by Crippen LogP contribution is -2.26. The van der Waals surface area contributed by atoms with E-state index < -0.39 is 5.97 Å². The van der Waals surface area contributed by atoms with Crippen LogP contribution in [-0.4, -0.2) is 40.7 Å². The van der Waals surface area contributed by atoms with Crippen molar-refractivity contribution in [1.82, 2.24) is 9.97 Å². The molecule has 0 spiro atoms. The second-order valence-corrected chi connectivity index (χ2v) is 7.23. The smallest absolute Gasteiger partial charge is 0.337 e. The standard InChI is InChI=1S/C20H23N3O3S/c1-2-3-9-23(20-22-17-7-4-5-8-18(17)27-20)10-6-11-26-16-12-15(19(24)25)13-21-14-16/h4-5,7-8,12-14H,2-3,6,9-11H2,1H3,(H,24,25). The number of aromatic nitrogens is 2. The average molecular weight is 385 g/mol. The number of hydrogen-bond donors (Lipinski definition) is 1. The Bertz CT molecular complexity index is 864. The summed E-state index contributed by atoms with van der Waals surface area (Å²) in [5.41, 5.74) is 1.17. The predicted octanol–water partition coefficient (Wildman–Crippen LogP) is 4.47. The highest BCUT2D eigenvalue weighted by molar-refractivity contribution is 7.22. The maximum atomic E-state index is 11.0. The fourth-order valence-electron chi connectivity index (χ4n) is 2.71. The van der Waals surface area contributed by atoms with Gasteiger partial charge in [-0.1, -0.05) is 36.8 Å². The SMILES string of the molecule is CCCCN(CCCOc1cncc(C(=O)O)c1)c1nc2ccccc2s1. The number of nitrogens with zero attached hydrogens (tertiary/aromatic N) is 3. The Labute approximate surface area is 162 Å². The minimum absolute atomic E-state index is 0.131. The van der Waals surface area contributed by atoms with Crippen LogP contribution in [0.2, 0.25) is 0 Å². The highest BCUT2D eigenvalue weighted by Gasteiger charge is 2.12. The number of thiazole rings is 1. The van der Waals surface area contributed by atoms with Crippen LogP contribution in [0.25, 0.3) is 10.2 Å². The van der Waals surface area contributed by atoms with Crippen molar-refractivity contribution in [3.8, 4) is 5.75 Å². The minimum atomic E-state index is -1.01. The van der Waals surface area contributed by atoms with Gasteiger partial charge in [0, 0.05) is 19.3 Å². The van der Waals surface area contributed by atoms with Gasteiger partial charge in [0.05, 0.1) is 28.6 Å². The van der Waals surface area contributed by atoms with Gasteiger partial charge in [0.1, 0.15) is 5.75 Å². The number of carboxylic acids is 1. The highest BCUT2D eigenvalue weighted by atomic mass is 32.1. The lowest BCUT2D eigenvalue weighted by atomic mass is 10.3. The lowest BCUT2D eigenvalue weighted by molar-refractivity contribution is 0.0696. The van der Waals surface area contributed by atoms with Crippen LogP contribution in [-0.2, 0) is 0 Å². The molecule has 0 bridgehead atoms. The number of carboxylic acid groups (broad SMARTS) is 1. The van der Waals surface area contributed by atoms with Gasteiger partial charge in [-0.05, 0) is 31.0 Å². The number of para-hydroxylation sites is 1. The Morgan fingerprint density at radius 1 is 1.22 bits per heavy atom. The number of pyridine rings is 1. The molecule has 1 N–H and O–H groups in total. The Balaban J connectivity index is 1.58. The van der Waals surface area contributed by atoms with Crippen LogP contribution in [0.15, 0.2) is 42.7 Å². The number of fused-ring (bicyclic) bond motifs is 1. The summed E-state index contributed by atoms with van der Waals surface area (Å²) in [4.78, 5) is 22.0. The zero-order valence-electron chi connectivity index (χ0n) is 15.3. The van der Waals surface area contributed by atoms with Crippen molar-refractivity contribution < 1.29 is 14.6 Å². The summed E-state index contributed by atoms with van der Waals surface area (Å²) in [5.74, 6) is -0.524. The molecule has 0 amide bonds. The fraction of sp³-hybridized carbons (Fsp3) is 0.350. The predicted molar refractivity (Wildman–Crippen MR) is 108 cm³/mol. The minimum Gasteiger partial charge on any atom is -0.492 e. The van der Waals surface area contributed by atoms with Crippen molar-refractivity contribution in [1.29, 1.82) is 0 Å². The molecule has 2 heterocycles. The molecule has 0 radical (unpaired) electrons. The van der Waals surface area contributed by atoms with E-state index in [0.29, 0.717) is 12.4 Å². The number of rotatable bonds is 10. The topological polar surface area (TPSA) is 75.5 Å². The van der Waals surface area contributed by atoms with Gasteiger partial charge < -0.3 is 14.7 Å². The van der Waals surface area contributed by atoms with E-state index in [4.69, 9.17) is 14.8 Å². The van der Waals surface area contributed by atoms with Crippen LogP contribution in [0.4, 0.5) is 5.13 Å². The van der Waals surface area contributed by atoms with Gasteiger partial charge in [-0.3, -0.25) is 4.98 Å². The first-order valence-corrected chi connectivity index (χ1v) is 9.90.